The van der Waals surface area contributed by atoms with E-state index in [2.05, 4.69) is 11.5 Å². The molecule has 3 heterocycles. The maximum atomic E-state index is 13.4. The molecule has 3 aliphatic rings. The highest BCUT2D eigenvalue weighted by atomic mass is 16.5. The van der Waals surface area contributed by atoms with E-state index in [1.165, 1.54) is 0 Å². The van der Waals surface area contributed by atoms with Crippen molar-refractivity contribution in [3.05, 3.63) is 77.4 Å². The molecule has 2 aromatic carbocycles. The van der Waals surface area contributed by atoms with E-state index in [9.17, 15) is 14.7 Å². The minimum absolute atomic E-state index is 0.0523. The molecule has 0 unspecified atom stereocenters. The lowest BCUT2D eigenvalue weighted by Gasteiger charge is -2.31. The van der Waals surface area contributed by atoms with Gasteiger partial charge in [0.2, 0.25) is 0 Å². The van der Waals surface area contributed by atoms with E-state index in [1.807, 2.05) is 37.3 Å². The van der Waals surface area contributed by atoms with Gasteiger partial charge in [0.1, 0.15) is 30.0 Å². The van der Waals surface area contributed by atoms with Crippen molar-refractivity contribution in [1.29, 1.82) is 0 Å². The molecular weight excluding hydrogens is 472 g/mol. The van der Waals surface area contributed by atoms with Gasteiger partial charge < -0.3 is 24.2 Å². The standard InChI is InChI=1S/C29H32N2O6/c1-3-13-36-23-6-4-5-20(18-23)26-25(27(32)21-7-8-24-22(17-21)16-19(2)37-24)28(33)29(34)31(26)10-9-30-11-14-35-15-12-30/h3-8,17-19,26,32H,1,9-16H2,2H3/t19-,26-/m1/s1. The van der Waals surface area contributed by atoms with Gasteiger partial charge >= 0.3 is 0 Å². The maximum Gasteiger partial charge on any atom is 0.295 e. The van der Waals surface area contributed by atoms with Crippen molar-refractivity contribution in [3.63, 3.8) is 0 Å². The van der Waals surface area contributed by atoms with Crippen LogP contribution in [0.2, 0.25) is 0 Å². The predicted molar refractivity (Wildman–Crippen MR) is 139 cm³/mol. The molecule has 0 spiro atoms. The van der Waals surface area contributed by atoms with Crippen LogP contribution in [0.15, 0.2) is 60.7 Å². The van der Waals surface area contributed by atoms with Crippen LogP contribution in [0.4, 0.5) is 0 Å². The van der Waals surface area contributed by atoms with Crippen molar-refractivity contribution >= 4 is 17.4 Å². The number of carbonyl (C=O) groups excluding carboxylic acids is 2. The first kappa shape index (κ1) is 25.0. The molecule has 0 saturated carbocycles. The Bertz CT molecular complexity index is 1230. The fraction of sp³-hybridized carbons (Fsp3) is 0.379. The SMILES string of the molecule is C=CCOc1cccc([C@@H]2C(=C(O)c3ccc4c(c3)C[C@@H](C)O4)C(=O)C(=O)N2CCN2CCOCC2)c1. The van der Waals surface area contributed by atoms with Crippen LogP contribution in [0.3, 0.4) is 0 Å². The summed E-state index contributed by atoms with van der Waals surface area (Å²) in [5.41, 5.74) is 2.24. The first-order chi connectivity index (χ1) is 18.0. The van der Waals surface area contributed by atoms with Gasteiger partial charge in [0.25, 0.3) is 11.7 Å². The second kappa shape index (κ2) is 10.8. The summed E-state index contributed by atoms with van der Waals surface area (Å²) in [5.74, 6) is -0.113. The second-order valence-electron chi connectivity index (χ2n) is 9.57. The molecule has 37 heavy (non-hydrogen) atoms. The highest BCUT2D eigenvalue weighted by Crippen LogP contribution is 2.41. The molecule has 0 aliphatic carbocycles. The number of ketones is 1. The van der Waals surface area contributed by atoms with Gasteiger partial charge in [-0.05, 0) is 48.4 Å². The lowest BCUT2D eigenvalue weighted by molar-refractivity contribution is -0.140. The topological polar surface area (TPSA) is 88.5 Å². The van der Waals surface area contributed by atoms with Gasteiger partial charge in [-0.3, -0.25) is 14.5 Å². The quantitative estimate of drug-likeness (QED) is 0.255. The van der Waals surface area contributed by atoms with Crippen molar-refractivity contribution in [2.75, 3.05) is 46.0 Å². The van der Waals surface area contributed by atoms with Gasteiger partial charge in [0.15, 0.2) is 0 Å². The van der Waals surface area contributed by atoms with Crippen LogP contribution in [0.25, 0.3) is 5.76 Å². The van der Waals surface area contributed by atoms with Crippen LogP contribution in [-0.2, 0) is 20.7 Å². The van der Waals surface area contributed by atoms with E-state index < -0.39 is 17.7 Å². The van der Waals surface area contributed by atoms with Gasteiger partial charge in [-0.25, -0.2) is 0 Å². The van der Waals surface area contributed by atoms with Gasteiger partial charge in [0, 0.05) is 38.2 Å². The Labute approximate surface area is 216 Å². The number of benzene rings is 2. The smallest absolute Gasteiger partial charge is 0.295 e. The molecule has 2 aromatic rings. The van der Waals surface area contributed by atoms with E-state index in [1.54, 1.807) is 23.1 Å². The fourth-order valence-corrected chi connectivity index (χ4v) is 5.19. The molecule has 3 aliphatic heterocycles. The third-order valence-electron chi connectivity index (χ3n) is 7.01. The number of likely N-dealkylation sites (tertiary alicyclic amines) is 1. The van der Waals surface area contributed by atoms with Crippen molar-refractivity contribution in [2.45, 2.75) is 25.5 Å². The van der Waals surface area contributed by atoms with Crippen molar-refractivity contribution < 1.29 is 28.9 Å². The van der Waals surface area contributed by atoms with Crippen molar-refractivity contribution in [1.82, 2.24) is 9.80 Å². The third-order valence-corrected chi connectivity index (χ3v) is 7.01. The monoisotopic (exact) mass is 504 g/mol. The molecule has 194 valence electrons. The Balaban J connectivity index is 1.54. The number of aliphatic hydroxyl groups is 1. The molecule has 8 nitrogen and oxygen atoms in total. The Morgan fingerprint density at radius 2 is 1.97 bits per heavy atom. The fourth-order valence-electron chi connectivity index (χ4n) is 5.19. The van der Waals surface area contributed by atoms with E-state index in [0.29, 0.717) is 49.8 Å². The maximum absolute atomic E-state index is 13.4. The number of rotatable bonds is 8. The van der Waals surface area contributed by atoms with Crippen LogP contribution in [-0.4, -0.2) is 78.7 Å². The van der Waals surface area contributed by atoms with Crippen LogP contribution in [0, 0.1) is 0 Å². The average molecular weight is 505 g/mol. The number of nitrogens with zero attached hydrogens (tertiary/aromatic N) is 2. The van der Waals surface area contributed by atoms with Crippen molar-refractivity contribution in [3.8, 4) is 11.5 Å². The Morgan fingerprint density at radius 3 is 2.76 bits per heavy atom. The molecule has 5 rings (SSSR count). The highest BCUT2D eigenvalue weighted by Gasteiger charge is 2.46. The van der Waals surface area contributed by atoms with Crippen LogP contribution in [0.1, 0.15) is 29.7 Å². The summed E-state index contributed by atoms with van der Waals surface area (Å²) in [6.45, 7) is 9.79. The van der Waals surface area contributed by atoms with Gasteiger partial charge in [-0.2, -0.15) is 0 Å². The average Bonchev–Trinajstić information content (AvgIpc) is 3.41. The zero-order chi connectivity index (χ0) is 25.9. The van der Waals surface area contributed by atoms with Crippen LogP contribution in [0.5, 0.6) is 11.5 Å². The van der Waals surface area contributed by atoms with Gasteiger partial charge in [-0.15, -0.1) is 0 Å². The molecule has 1 N–H and O–H groups in total. The Kier molecular flexibility index (Phi) is 7.30. The normalized spacial score (nSPS) is 23.1. The second-order valence-corrected chi connectivity index (χ2v) is 9.57. The Morgan fingerprint density at radius 1 is 1.16 bits per heavy atom. The zero-order valence-electron chi connectivity index (χ0n) is 21.0. The number of morpholine rings is 1. The lowest BCUT2D eigenvalue weighted by Crippen LogP contribution is -2.42. The zero-order valence-corrected chi connectivity index (χ0v) is 21.0. The molecule has 0 aromatic heterocycles. The summed E-state index contributed by atoms with van der Waals surface area (Å²) in [4.78, 5) is 30.5. The minimum atomic E-state index is -0.739. The van der Waals surface area contributed by atoms with E-state index in [0.717, 1.165) is 30.8 Å². The van der Waals surface area contributed by atoms with E-state index in [4.69, 9.17) is 14.2 Å². The molecular formula is C29H32N2O6. The highest BCUT2D eigenvalue weighted by molar-refractivity contribution is 6.46. The molecule has 2 saturated heterocycles. The molecule has 2 atom stereocenters. The number of aliphatic hydroxyl groups excluding tert-OH is 1. The van der Waals surface area contributed by atoms with E-state index >= 15 is 0 Å². The Hall–Kier alpha value is -3.62. The lowest BCUT2D eigenvalue weighted by atomic mass is 9.94. The number of ether oxygens (including phenoxy) is 3. The van der Waals surface area contributed by atoms with Gasteiger partial charge in [0.05, 0.1) is 24.8 Å². The summed E-state index contributed by atoms with van der Waals surface area (Å²) in [6, 6.07) is 11.9. The molecule has 2 fully saturated rings. The van der Waals surface area contributed by atoms with Gasteiger partial charge in [-0.1, -0.05) is 24.8 Å². The molecule has 0 bridgehead atoms. The summed E-state index contributed by atoms with van der Waals surface area (Å²) in [7, 11) is 0. The number of hydrogen-bond donors (Lipinski definition) is 1. The molecule has 0 radical (unpaired) electrons. The van der Waals surface area contributed by atoms with Crippen LogP contribution < -0.4 is 9.47 Å². The molecule has 1 amide bonds. The van der Waals surface area contributed by atoms with Crippen molar-refractivity contribution in [2.24, 2.45) is 0 Å². The summed E-state index contributed by atoms with van der Waals surface area (Å²) >= 11 is 0. The number of fused-ring (bicyclic) bond motifs is 1. The predicted octanol–water partition coefficient (Wildman–Crippen LogP) is 3.33. The minimum Gasteiger partial charge on any atom is -0.507 e. The first-order valence-corrected chi connectivity index (χ1v) is 12.7. The number of hydrogen-bond acceptors (Lipinski definition) is 7. The largest absolute Gasteiger partial charge is 0.507 e. The molecule has 8 heteroatoms. The number of amides is 1. The first-order valence-electron chi connectivity index (χ1n) is 12.7. The summed E-state index contributed by atoms with van der Waals surface area (Å²) < 4.78 is 16.9. The number of carbonyl (C=O) groups is 2. The summed E-state index contributed by atoms with van der Waals surface area (Å²) in [5, 5.41) is 11.5. The van der Waals surface area contributed by atoms with Crippen LogP contribution >= 0.6 is 0 Å². The third kappa shape index (κ3) is 5.12. The van der Waals surface area contributed by atoms with E-state index in [-0.39, 0.29) is 17.4 Å². The number of Topliss-reactive ketones (excluding diaryl/α,β-unsaturated/α-hetero) is 1. The summed E-state index contributed by atoms with van der Waals surface area (Å²) in [6.07, 6.45) is 2.42.